The number of aromatic nitrogens is 4. The molecule has 1 saturated heterocycles. The summed E-state index contributed by atoms with van der Waals surface area (Å²) in [5.74, 6) is 1.16. The van der Waals surface area contributed by atoms with E-state index in [0.29, 0.717) is 6.04 Å². The van der Waals surface area contributed by atoms with Crippen molar-refractivity contribution in [1.82, 2.24) is 24.0 Å². The van der Waals surface area contributed by atoms with Gasteiger partial charge in [0.05, 0.1) is 6.33 Å². The van der Waals surface area contributed by atoms with Crippen molar-refractivity contribution >= 4 is 5.91 Å². The van der Waals surface area contributed by atoms with Gasteiger partial charge in [0.2, 0.25) is 0 Å². The Morgan fingerprint density at radius 3 is 2.70 bits per heavy atom. The number of benzene rings is 1. The number of carbonyl (C=O) groups is 1. The first-order valence-electron chi connectivity index (χ1n) is 9.59. The maximum Gasteiger partial charge on any atom is 0.254 e. The van der Waals surface area contributed by atoms with Crippen LogP contribution < -0.4 is 0 Å². The molecule has 3 heterocycles. The van der Waals surface area contributed by atoms with Crippen molar-refractivity contribution in [2.24, 2.45) is 0 Å². The minimum absolute atomic E-state index is 0.138. The third-order valence-corrected chi connectivity index (χ3v) is 5.43. The largest absolute Gasteiger partial charge is 0.336 e. The number of rotatable bonds is 5. The summed E-state index contributed by atoms with van der Waals surface area (Å²) in [6.45, 7) is 3.77. The zero-order chi connectivity index (χ0) is 18.6. The normalized spacial score (nSPS) is 17.2. The van der Waals surface area contributed by atoms with Crippen LogP contribution in [0.15, 0.2) is 55.4 Å². The van der Waals surface area contributed by atoms with Crippen LogP contribution in [0.2, 0.25) is 0 Å². The first-order chi connectivity index (χ1) is 13.2. The van der Waals surface area contributed by atoms with Crippen molar-refractivity contribution in [3.8, 4) is 5.69 Å². The van der Waals surface area contributed by atoms with E-state index in [1.54, 1.807) is 12.5 Å². The maximum atomic E-state index is 13.1. The summed E-state index contributed by atoms with van der Waals surface area (Å²) in [7, 11) is 0. The van der Waals surface area contributed by atoms with Crippen molar-refractivity contribution in [1.29, 1.82) is 0 Å². The molecule has 0 aliphatic carbocycles. The predicted octanol–water partition coefficient (Wildman–Crippen LogP) is 3.46. The van der Waals surface area contributed by atoms with Gasteiger partial charge in [0, 0.05) is 55.2 Å². The van der Waals surface area contributed by atoms with Gasteiger partial charge in [-0.2, -0.15) is 0 Å². The molecule has 6 nitrogen and oxygen atoms in total. The van der Waals surface area contributed by atoms with Crippen LogP contribution >= 0.6 is 0 Å². The van der Waals surface area contributed by atoms with E-state index in [0.717, 1.165) is 49.4 Å². The van der Waals surface area contributed by atoms with Crippen LogP contribution in [0.3, 0.4) is 0 Å². The minimum atomic E-state index is 0.138. The third kappa shape index (κ3) is 3.79. The van der Waals surface area contributed by atoms with E-state index in [4.69, 9.17) is 0 Å². The first-order valence-corrected chi connectivity index (χ1v) is 9.59. The lowest BCUT2D eigenvalue weighted by Gasteiger charge is -2.36. The standard InChI is InChI=1S/C21H25N5O/c1-17-23-11-15-24(17)13-9-20-4-2-3-12-26(20)21(27)18-5-7-19(8-6-18)25-14-10-22-16-25/h5-8,10-11,14-16,20H,2-4,9,12-13H2,1H3. The van der Waals surface area contributed by atoms with Gasteiger partial charge < -0.3 is 14.0 Å². The van der Waals surface area contributed by atoms with E-state index in [2.05, 4.69) is 19.4 Å². The average Bonchev–Trinajstić information content (AvgIpc) is 3.38. The minimum Gasteiger partial charge on any atom is -0.336 e. The fourth-order valence-electron chi connectivity index (χ4n) is 3.85. The van der Waals surface area contributed by atoms with Crippen molar-refractivity contribution in [2.45, 2.75) is 45.2 Å². The number of nitrogens with zero attached hydrogens (tertiary/aromatic N) is 5. The number of hydrogen-bond acceptors (Lipinski definition) is 3. The van der Waals surface area contributed by atoms with Gasteiger partial charge in [0.1, 0.15) is 5.82 Å². The quantitative estimate of drug-likeness (QED) is 0.697. The zero-order valence-electron chi connectivity index (χ0n) is 15.7. The van der Waals surface area contributed by atoms with E-state index in [-0.39, 0.29) is 5.91 Å². The fraction of sp³-hybridized carbons (Fsp3) is 0.381. The first kappa shape index (κ1) is 17.5. The molecule has 6 heteroatoms. The lowest BCUT2D eigenvalue weighted by Crippen LogP contribution is -2.44. The van der Waals surface area contributed by atoms with Gasteiger partial charge in [-0.05, 0) is 56.9 Å². The Bertz CT molecular complexity index is 882. The van der Waals surface area contributed by atoms with E-state index < -0.39 is 0 Å². The second-order valence-electron chi connectivity index (χ2n) is 7.12. The van der Waals surface area contributed by atoms with Crippen LogP contribution in [0, 0.1) is 6.92 Å². The molecule has 1 aliphatic rings. The fourth-order valence-corrected chi connectivity index (χ4v) is 3.85. The van der Waals surface area contributed by atoms with Gasteiger partial charge in [-0.25, -0.2) is 9.97 Å². The maximum absolute atomic E-state index is 13.1. The summed E-state index contributed by atoms with van der Waals surface area (Å²) >= 11 is 0. The Balaban J connectivity index is 1.46. The summed E-state index contributed by atoms with van der Waals surface area (Å²) < 4.78 is 4.10. The highest BCUT2D eigenvalue weighted by Crippen LogP contribution is 2.23. The highest BCUT2D eigenvalue weighted by atomic mass is 16.2. The van der Waals surface area contributed by atoms with Crippen molar-refractivity contribution in [3.63, 3.8) is 0 Å². The molecule has 0 N–H and O–H groups in total. The molecular formula is C21H25N5O. The van der Waals surface area contributed by atoms with E-state index in [1.807, 2.05) is 54.3 Å². The van der Waals surface area contributed by atoms with Crippen molar-refractivity contribution in [2.75, 3.05) is 6.54 Å². The summed E-state index contributed by atoms with van der Waals surface area (Å²) in [5, 5.41) is 0. The smallest absolute Gasteiger partial charge is 0.254 e. The topological polar surface area (TPSA) is 56.0 Å². The summed E-state index contributed by atoms with van der Waals surface area (Å²) in [6.07, 6.45) is 13.6. The Morgan fingerprint density at radius 1 is 1.15 bits per heavy atom. The van der Waals surface area contributed by atoms with Crippen LogP contribution in [0.4, 0.5) is 0 Å². The molecule has 1 fully saturated rings. The Labute approximate surface area is 159 Å². The number of aryl methyl sites for hydroxylation is 2. The summed E-state index contributed by atoms with van der Waals surface area (Å²) in [4.78, 5) is 23.6. The van der Waals surface area contributed by atoms with Crippen LogP contribution in [0.1, 0.15) is 41.9 Å². The second kappa shape index (κ2) is 7.78. The highest BCUT2D eigenvalue weighted by molar-refractivity contribution is 5.94. The van der Waals surface area contributed by atoms with Gasteiger partial charge in [-0.1, -0.05) is 0 Å². The predicted molar refractivity (Wildman–Crippen MR) is 104 cm³/mol. The monoisotopic (exact) mass is 363 g/mol. The lowest BCUT2D eigenvalue weighted by molar-refractivity contribution is 0.0595. The number of likely N-dealkylation sites (tertiary alicyclic amines) is 1. The number of hydrogen-bond donors (Lipinski definition) is 0. The Morgan fingerprint density at radius 2 is 2.00 bits per heavy atom. The van der Waals surface area contributed by atoms with Crippen LogP contribution in [-0.2, 0) is 6.54 Å². The summed E-state index contributed by atoms with van der Waals surface area (Å²) in [5.41, 5.74) is 1.76. The van der Waals surface area contributed by atoms with Crippen LogP contribution in [-0.4, -0.2) is 42.5 Å². The van der Waals surface area contributed by atoms with E-state index >= 15 is 0 Å². The van der Waals surface area contributed by atoms with Gasteiger partial charge in [-0.3, -0.25) is 4.79 Å². The molecule has 2 aromatic heterocycles. The molecule has 1 aliphatic heterocycles. The molecule has 0 saturated carbocycles. The van der Waals surface area contributed by atoms with Gasteiger partial charge in [-0.15, -0.1) is 0 Å². The average molecular weight is 363 g/mol. The Hall–Kier alpha value is -2.89. The molecule has 140 valence electrons. The van der Waals surface area contributed by atoms with Gasteiger partial charge in [0.25, 0.3) is 5.91 Å². The molecular weight excluding hydrogens is 338 g/mol. The lowest BCUT2D eigenvalue weighted by atomic mass is 9.98. The zero-order valence-corrected chi connectivity index (χ0v) is 15.7. The van der Waals surface area contributed by atoms with E-state index in [1.165, 1.54) is 6.42 Å². The van der Waals surface area contributed by atoms with E-state index in [9.17, 15) is 4.79 Å². The second-order valence-corrected chi connectivity index (χ2v) is 7.12. The molecule has 1 aromatic carbocycles. The van der Waals surface area contributed by atoms with Gasteiger partial charge >= 0.3 is 0 Å². The van der Waals surface area contributed by atoms with Gasteiger partial charge in [0.15, 0.2) is 0 Å². The molecule has 0 bridgehead atoms. The molecule has 0 spiro atoms. The molecule has 4 rings (SSSR count). The van der Waals surface area contributed by atoms with Crippen LogP contribution in [0.5, 0.6) is 0 Å². The molecule has 1 unspecified atom stereocenters. The Kier molecular flexibility index (Phi) is 5.05. The molecule has 1 atom stereocenters. The number of piperidine rings is 1. The molecule has 27 heavy (non-hydrogen) atoms. The number of carbonyl (C=O) groups excluding carboxylic acids is 1. The summed E-state index contributed by atoms with van der Waals surface area (Å²) in [6, 6.07) is 8.08. The number of imidazole rings is 2. The highest BCUT2D eigenvalue weighted by Gasteiger charge is 2.27. The van der Waals surface area contributed by atoms with Crippen molar-refractivity contribution in [3.05, 3.63) is 66.8 Å². The third-order valence-electron chi connectivity index (χ3n) is 5.43. The number of amides is 1. The molecule has 1 amide bonds. The SMILES string of the molecule is Cc1nccn1CCC1CCCCN1C(=O)c1ccc(-n2ccnc2)cc1. The molecule has 3 aromatic rings. The van der Waals surface area contributed by atoms with Crippen LogP contribution in [0.25, 0.3) is 5.69 Å². The molecule has 0 radical (unpaired) electrons. The van der Waals surface area contributed by atoms with Crippen molar-refractivity contribution < 1.29 is 4.79 Å².